The van der Waals surface area contributed by atoms with E-state index in [0.29, 0.717) is 16.3 Å². The minimum Gasteiger partial charge on any atom is -0.335 e. The van der Waals surface area contributed by atoms with Crippen LogP contribution in [0.1, 0.15) is 22.2 Å². The SMILES string of the molecule is Cn1c2c(c(=O)n(C)c1=O)C(c1cccs1)N(c1ccc(Cl)cc1)C=C2. The van der Waals surface area contributed by atoms with E-state index in [-0.39, 0.29) is 17.3 Å². The molecule has 0 amide bonds. The fraction of sp³-hybridized carbons (Fsp3) is 0.158. The molecular formula is C19H16ClN3O2S. The molecule has 0 saturated carbocycles. The monoisotopic (exact) mass is 385 g/mol. The van der Waals surface area contributed by atoms with Gasteiger partial charge in [0.25, 0.3) is 5.56 Å². The van der Waals surface area contributed by atoms with Gasteiger partial charge in [0.2, 0.25) is 0 Å². The lowest BCUT2D eigenvalue weighted by atomic mass is 9.98. The van der Waals surface area contributed by atoms with Gasteiger partial charge in [0, 0.05) is 35.9 Å². The molecule has 0 fully saturated rings. The molecule has 1 aromatic carbocycles. The number of aromatic nitrogens is 2. The third-order valence-electron chi connectivity index (χ3n) is 4.63. The zero-order valence-corrected chi connectivity index (χ0v) is 15.8. The van der Waals surface area contributed by atoms with E-state index < -0.39 is 0 Å². The minimum absolute atomic E-state index is 0.273. The van der Waals surface area contributed by atoms with E-state index in [2.05, 4.69) is 0 Å². The maximum absolute atomic E-state index is 13.0. The molecule has 1 atom stereocenters. The lowest BCUT2D eigenvalue weighted by Gasteiger charge is -2.34. The van der Waals surface area contributed by atoms with Crippen molar-refractivity contribution >= 4 is 34.7 Å². The van der Waals surface area contributed by atoms with Crippen molar-refractivity contribution in [2.24, 2.45) is 14.1 Å². The van der Waals surface area contributed by atoms with Gasteiger partial charge in [-0.2, -0.15) is 0 Å². The molecule has 4 rings (SSSR count). The molecule has 3 aromatic rings. The second-order valence-corrected chi connectivity index (χ2v) is 7.54. The maximum atomic E-state index is 13.0. The molecule has 7 heteroatoms. The highest BCUT2D eigenvalue weighted by Gasteiger charge is 2.32. The van der Waals surface area contributed by atoms with Crippen LogP contribution < -0.4 is 16.1 Å². The molecule has 1 aliphatic rings. The van der Waals surface area contributed by atoms with Gasteiger partial charge in [0.15, 0.2) is 0 Å². The Balaban J connectivity index is 2.01. The Bertz CT molecular complexity index is 1110. The molecule has 2 aromatic heterocycles. The van der Waals surface area contributed by atoms with Gasteiger partial charge >= 0.3 is 5.69 Å². The van der Waals surface area contributed by atoms with E-state index in [4.69, 9.17) is 11.6 Å². The van der Waals surface area contributed by atoms with Crippen molar-refractivity contribution in [3.8, 4) is 0 Å². The van der Waals surface area contributed by atoms with Gasteiger partial charge in [0.1, 0.15) is 6.04 Å². The fourth-order valence-electron chi connectivity index (χ4n) is 3.30. The van der Waals surface area contributed by atoms with Crippen molar-refractivity contribution in [3.05, 3.63) is 90.0 Å². The summed E-state index contributed by atoms with van der Waals surface area (Å²) in [5.74, 6) is 0. The van der Waals surface area contributed by atoms with Gasteiger partial charge in [-0.3, -0.25) is 13.9 Å². The van der Waals surface area contributed by atoms with Gasteiger partial charge in [-0.15, -0.1) is 11.3 Å². The Labute approximate surface area is 159 Å². The molecule has 0 N–H and O–H groups in total. The predicted octanol–water partition coefficient (Wildman–Crippen LogP) is 3.38. The number of nitrogens with zero attached hydrogens (tertiary/aromatic N) is 3. The highest BCUT2D eigenvalue weighted by atomic mass is 35.5. The fourth-order valence-corrected chi connectivity index (χ4v) is 4.25. The number of halogens is 1. The summed E-state index contributed by atoms with van der Waals surface area (Å²) in [5.41, 5.74) is 1.55. The molecule has 0 radical (unpaired) electrons. The molecular weight excluding hydrogens is 370 g/mol. The first-order valence-electron chi connectivity index (χ1n) is 8.04. The van der Waals surface area contributed by atoms with Crippen molar-refractivity contribution in [1.29, 1.82) is 0 Å². The van der Waals surface area contributed by atoms with Gasteiger partial charge < -0.3 is 4.90 Å². The number of benzene rings is 1. The summed E-state index contributed by atoms with van der Waals surface area (Å²) >= 11 is 7.61. The van der Waals surface area contributed by atoms with E-state index in [1.54, 1.807) is 18.4 Å². The molecule has 5 nitrogen and oxygen atoms in total. The summed E-state index contributed by atoms with van der Waals surface area (Å²) in [6, 6.07) is 11.2. The van der Waals surface area contributed by atoms with Gasteiger partial charge in [0.05, 0.1) is 11.3 Å². The first kappa shape index (κ1) is 16.9. The molecule has 1 aliphatic heterocycles. The molecule has 0 aliphatic carbocycles. The Morgan fingerprint density at radius 2 is 1.77 bits per heavy atom. The molecule has 1 unspecified atom stereocenters. The summed E-state index contributed by atoms with van der Waals surface area (Å²) in [4.78, 5) is 28.4. The highest BCUT2D eigenvalue weighted by Crippen LogP contribution is 2.38. The Morgan fingerprint density at radius 1 is 1.04 bits per heavy atom. The van der Waals surface area contributed by atoms with Crippen molar-refractivity contribution in [2.75, 3.05) is 4.90 Å². The molecule has 132 valence electrons. The number of anilines is 1. The molecule has 3 heterocycles. The minimum atomic E-state index is -0.330. The van der Waals surface area contributed by atoms with Crippen LogP contribution >= 0.6 is 22.9 Å². The summed E-state index contributed by atoms with van der Waals surface area (Å²) < 4.78 is 2.69. The average Bonchev–Trinajstić information content (AvgIpc) is 3.18. The molecule has 0 saturated heterocycles. The maximum Gasteiger partial charge on any atom is 0.330 e. The number of rotatable bonds is 2. The number of hydrogen-bond acceptors (Lipinski definition) is 4. The quantitative estimate of drug-likeness (QED) is 0.679. The van der Waals surface area contributed by atoms with Crippen LogP contribution in [0.5, 0.6) is 0 Å². The molecule has 26 heavy (non-hydrogen) atoms. The van der Waals surface area contributed by atoms with Crippen LogP contribution in [0.3, 0.4) is 0 Å². The zero-order valence-electron chi connectivity index (χ0n) is 14.2. The average molecular weight is 386 g/mol. The van der Waals surface area contributed by atoms with Crippen molar-refractivity contribution < 1.29 is 0 Å². The van der Waals surface area contributed by atoms with Gasteiger partial charge in [-0.25, -0.2) is 4.79 Å². The standard InChI is InChI=1S/C19H16ClN3O2S/c1-21-14-9-10-23(13-7-5-12(20)6-8-13)17(15-4-3-11-26-15)16(14)18(24)22(2)19(21)25/h3-11,17H,1-2H3. The zero-order chi connectivity index (χ0) is 18.4. The van der Waals surface area contributed by atoms with Crippen LogP contribution in [0.2, 0.25) is 5.02 Å². The van der Waals surface area contributed by atoms with Crippen LogP contribution in [0, 0.1) is 0 Å². The number of hydrogen-bond donors (Lipinski definition) is 0. The second-order valence-electron chi connectivity index (χ2n) is 6.12. The largest absolute Gasteiger partial charge is 0.335 e. The Hall–Kier alpha value is -2.57. The van der Waals surface area contributed by atoms with Crippen molar-refractivity contribution in [3.63, 3.8) is 0 Å². The summed E-state index contributed by atoms with van der Waals surface area (Å²) in [7, 11) is 3.20. The first-order chi connectivity index (χ1) is 12.5. The van der Waals surface area contributed by atoms with E-state index >= 15 is 0 Å². The van der Waals surface area contributed by atoms with E-state index in [1.807, 2.05) is 59.0 Å². The van der Waals surface area contributed by atoms with Crippen LogP contribution in [0.25, 0.3) is 6.08 Å². The number of thiophene rings is 1. The summed E-state index contributed by atoms with van der Waals surface area (Å²) in [6.07, 6.45) is 3.73. The topological polar surface area (TPSA) is 47.2 Å². The van der Waals surface area contributed by atoms with Gasteiger partial charge in [-0.1, -0.05) is 17.7 Å². The first-order valence-corrected chi connectivity index (χ1v) is 9.30. The third kappa shape index (κ3) is 2.53. The van der Waals surface area contributed by atoms with Crippen LogP contribution in [0.4, 0.5) is 5.69 Å². The summed E-state index contributed by atoms with van der Waals surface area (Å²) in [5, 5.41) is 2.64. The molecule has 0 bridgehead atoms. The van der Waals surface area contributed by atoms with E-state index in [1.165, 1.54) is 16.2 Å². The number of fused-ring (bicyclic) bond motifs is 1. The van der Waals surface area contributed by atoms with E-state index in [9.17, 15) is 9.59 Å². The van der Waals surface area contributed by atoms with E-state index in [0.717, 1.165) is 10.6 Å². The smallest absolute Gasteiger partial charge is 0.330 e. The van der Waals surface area contributed by atoms with Crippen LogP contribution in [0.15, 0.2) is 57.6 Å². The molecule has 0 spiro atoms. The highest BCUT2D eigenvalue weighted by molar-refractivity contribution is 7.10. The van der Waals surface area contributed by atoms with Crippen LogP contribution in [-0.4, -0.2) is 9.13 Å². The predicted molar refractivity (Wildman–Crippen MR) is 106 cm³/mol. The second kappa shape index (κ2) is 6.30. The third-order valence-corrected chi connectivity index (χ3v) is 5.80. The van der Waals surface area contributed by atoms with Crippen molar-refractivity contribution in [1.82, 2.24) is 9.13 Å². The lowest BCUT2D eigenvalue weighted by Crippen LogP contribution is -2.44. The van der Waals surface area contributed by atoms with Crippen LogP contribution in [-0.2, 0) is 14.1 Å². The normalized spacial score (nSPS) is 16.0. The Kier molecular flexibility index (Phi) is 4.09. The summed E-state index contributed by atoms with van der Waals surface area (Å²) in [6.45, 7) is 0. The van der Waals surface area contributed by atoms with Gasteiger partial charge in [-0.05, 0) is 41.8 Å². The lowest BCUT2D eigenvalue weighted by molar-refractivity contribution is 0.640. The van der Waals surface area contributed by atoms with Crippen molar-refractivity contribution in [2.45, 2.75) is 6.04 Å². The Morgan fingerprint density at radius 3 is 2.42 bits per heavy atom.